The SMILES string of the molecule is CC#CC(=O)N1CCC(N[C@H]2COc3cc(-c4nc5ccc(OC)nn5c4-c4ccccc4)ccc32)C[C@H]1C. The van der Waals surface area contributed by atoms with Crippen molar-refractivity contribution < 1.29 is 14.3 Å². The number of carbonyl (C=O) groups excluding carboxylic acids is 1. The highest BCUT2D eigenvalue weighted by Gasteiger charge is 2.32. The quantitative estimate of drug-likeness (QED) is 0.390. The molecule has 1 amide bonds. The molecule has 2 aromatic heterocycles. The first-order valence-corrected chi connectivity index (χ1v) is 13.3. The molecular formula is C31H31N5O3. The number of likely N-dealkylation sites (tertiary alicyclic amines) is 1. The highest BCUT2D eigenvalue weighted by molar-refractivity contribution is 5.93. The summed E-state index contributed by atoms with van der Waals surface area (Å²) in [7, 11) is 1.61. The maximum absolute atomic E-state index is 12.3. The molecule has 1 unspecified atom stereocenters. The molecule has 0 saturated carbocycles. The van der Waals surface area contributed by atoms with Gasteiger partial charge in [-0.25, -0.2) is 9.50 Å². The predicted octanol–water partition coefficient (Wildman–Crippen LogP) is 4.50. The molecule has 2 aliphatic rings. The van der Waals surface area contributed by atoms with Gasteiger partial charge in [-0.1, -0.05) is 48.4 Å². The zero-order chi connectivity index (χ0) is 26.9. The molecule has 2 aliphatic heterocycles. The van der Waals surface area contributed by atoms with Crippen LogP contribution in [0.2, 0.25) is 0 Å². The van der Waals surface area contributed by atoms with E-state index in [1.165, 1.54) is 0 Å². The number of nitrogens with zero attached hydrogens (tertiary/aromatic N) is 4. The summed E-state index contributed by atoms with van der Waals surface area (Å²) in [5.41, 5.74) is 5.62. The lowest BCUT2D eigenvalue weighted by Crippen LogP contribution is -2.50. The van der Waals surface area contributed by atoms with Gasteiger partial charge in [0.25, 0.3) is 5.91 Å². The van der Waals surface area contributed by atoms with Gasteiger partial charge in [0.05, 0.1) is 18.8 Å². The maximum atomic E-state index is 12.3. The fraction of sp³-hybridized carbons (Fsp3) is 0.323. The lowest BCUT2D eigenvalue weighted by atomic mass is 9.96. The minimum absolute atomic E-state index is 0.0824. The van der Waals surface area contributed by atoms with Gasteiger partial charge in [0.15, 0.2) is 5.65 Å². The molecular weight excluding hydrogens is 490 g/mol. The minimum atomic E-state index is -0.0824. The number of piperidine rings is 1. The van der Waals surface area contributed by atoms with Crippen molar-refractivity contribution in [2.45, 2.75) is 44.8 Å². The van der Waals surface area contributed by atoms with Gasteiger partial charge in [0.2, 0.25) is 5.88 Å². The molecule has 4 aromatic rings. The Bertz CT molecular complexity index is 1590. The molecule has 4 heterocycles. The Labute approximate surface area is 228 Å². The zero-order valence-corrected chi connectivity index (χ0v) is 22.3. The van der Waals surface area contributed by atoms with Gasteiger partial charge in [-0.05, 0) is 44.7 Å². The van der Waals surface area contributed by atoms with E-state index in [2.05, 4.69) is 59.5 Å². The summed E-state index contributed by atoms with van der Waals surface area (Å²) in [5, 5.41) is 8.44. The molecule has 1 fully saturated rings. The third-order valence-electron chi connectivity index (χ3n) is 7.58. The molecule has 3 atom stereocenters. The normalized spacial score (nSPS) is 20.2. The second-order valence-corrected chi connectivity index (χ2v) is 10.0. The number of nitrogens with one attached hydrogen (secondary N) is 1. The van der Waals surface area contributed by atoms with Crippen LogP contribution in [-0.4, -0.2) is 57.8 Å². The number of imidazole rings is 1. The van der Waals surface area contributed by atoms with Gasteiger partial charge in [-0.15, -0.1) is 5.10 Å². The monoisotopic (exact) mass is 521 g/mol. The molecule has 6 rings (SSSR count). The van der Waals surface area contributed by atoms with E-state index in [4.69, 9.17) is 14.5 Å². The summed E-state index contributed by atoms with van der Waals surface area (Å²) in [5.74, 6) is 6.70. The van der Waals surface area contributed by atoms with E-state index in [9.17, 15) is 4.79 Å². The van der Waals surface area contributed by atoms with Crippen LogP contribution in [0.5, 0.6) is 11.6 Å². The number of methoxy groups -OCH3 is 1. The Kier molecular flexibility index (Phi) is 6.67. The summed E-state index contributed by atoms with van der Waals surface area (Å²) in [6.07, 6.45) is 1.78. The summed E-state index contributed by atoms with van der Waals surface area (Å²) in [6.45, 7) is 5.08. The second-order valence-electron chi connectivity index (χ2n) is 10.0. The van der Waals surface area contributed by atoms with Crippen molar-refractivity contribution in [1.29, 1.82) is 0 Å². The number of fused-ring (bicyclic) bond motifs is 2. The van der Waals surface area contributed by atoms with Crippen LogP contribution in [0.3, 0.4) is 0 Å². The summed E-state index contributed by atoms with van der Waals surface area (Å²) >= 11 is 0. The highest BCUT2D eigenvalue weighted by atomic mass is 16.5. The second kappa shape index (κ2) is 10.4. The van der Waals surface area contributed by atoms with Crippen LogP contribution in [0.4, 0.5) is 0 Å². The molecule has 8 heteroatoms. The van der Waals surface area contributed by atoms with E-state index in [1.807, 2.05) is 39.7 Å². The molecule has 0 spiro atoms. The molecule has 39 heavy (non-hydrogen) atoms. The number of amides is 1. The lowest BCUT2D eigenvalue weighted by Gasteiger charge is -2.37. The van der Waals surface area contributed by atoms with Crippen LogP contribution in [-0.2, 0) is 4.79 Å². The topological polar surface area (TPSA) is 81.0 Å². The Morgan fingerprint density at radius 1 is 1.13 bits per heavy atom. The third kappa shape index (κ3) is 4.70. The third-order valence-corrected chi connectivity index (χ3v) is 7.58. The number of rotatable bonds is 5. The van der Waals surface area contributed by atoms with E-state index < -0.39 is 0 Å². The molecule has 198 valence electrons. The Balaban J connectivity index is 1.27. The van der Waals surface area contributed by atoms with Gasteiger partial charge in [0.1, 0.15) is 18.1 Å². The number of carbonyl (C=O) groups is 1. The van der Waals surface area contributed by atoms with Crippen molar-refractivity contribution in [3.63, 3.8) is 0 Å². The van der Waals surface area contributed by atoms with Crippen molar-refractivity contribution in [3.05, 3.63) is 66.2 Å². The molecule has 1 N–H and O–H groups in total. The summed E-state index contributed by atoms with van der Waals surface area (Å²) < 4.78 is 13.4. The fourth-order valence-corrected chi connectivity index (χ4v) is 5.67. The lowest BCUT2D eigenvalue weighted by molar-refractivity contribution is -0.128. The van der Waals surface area contributed by atoms with Gasteiger partial charge in [0, 0.05) is 41.4 Å². The first-order chi connectivity index (χ1) is 19.1. The van der Waals surface area contributed by atoms with E-state index in [-0.39, 0.29) is 18.0 Å². The summed E-state index contributed by atoms with van der Waals surface area (Å²) in [6, 6.07) is 20.8. The first kappa shape index (κ1) is 25.0. The largest absolute Gasteiger partial charge is 0.491 e. The van der Waals surface area contributed by atoms with Crippen LogP contribution in [0.15, 0.2) is 60.7 Å². The average molecular weight is 522 g/mol. The van der Waals surface area contributed by atoms with Crippen molar-refractivity contribution >= 4 is 11.6 Å². The highest BCUT2D eigenvalue weighted by Crippen LogP contribution is 2.39. The molecule has 0 aliphatic carbocycles. The van der Waals surface area contributed by atoms with E-state index >= 15 is 0 Å². The van der Waals surface area contributed by atoms with Crippen molar-refractivity contribution in [2.75, 3.05) is 20.3 Å². The number of hydrogen-bond donors (Lipinski definition) is 1. The number of ether oxygens (including phenoxy) is 2. The molecule has 2 aromatic carbocycles. The van der Waals surface area contributed by atoms with Gasteiger partial charge >= 0.3 is 0 Å². The number of benzene rings is 2. The summed E-state index contributed by atoms with van der Waals surface area (Å²) in [4.78, 5) is 19.1. The van der Waals surface area contributed by atoms with Crippen LogP contribution in [0.1, 0.15) is 38.3 Å². The van der Waals surface area contributed by atoms with Crippen LogP contribution in [0, 0.1) is 11.8 Å². The molecule has 1 saturated heterocycles. The molecule has 0 radical (unpaired) electrons. The van der Waals surface area contributed by atoms with Crippen LogP contribution >= 0.6 is 0 Å². The Morgan fingerprint density at radius 2 is 1.97 bits per heavy atom. The van der Waals surface area contributed by atoms with E-state index in [0.717, 1.165) is 52.3 Å². The average Bonchev–Trinajstić information content (AvgIpc) is 3.54. The zero-order valence-electron chi connectivity index (χ0n) is 22.3. The van der Waals surface area contributed by atoms with Crippen LogP contribution in [0.25, 0.3) is 28.2 Å². The van der Waals surface area contributed by atoms with Gasteiger partial charge in [-0.2, -0.15) is 0 Å². The first-order valence-electron chi connectivity index (χ1n) is 13.3. The molecule has 0 bridgehead atoms. The Morgan fingerprint density at radius 3 is 2.74 bits per heavy atom. The number of hydrogen-bond acceptors (Lipinski definition) is 6. The van der Waals surface area contributed by atoms with Crippen molar-refractivity contribution in [3.8, 4) is 46.0 Å². The number of aromatic nitrogens is 3. The standard InChI is InChI=1S/C31H31N5O3/c1-4-8-29(37)35-16-15-23(17-20(35)2)32-25-19-39-26-18-22(11-12-24(25)26)30-31(21-9-6-5-7-10-21)36-27(33-30)13-14-28(34-36)38-3/h5-7,9-14,18,20,23,25,32H,15-17,19H2,1-3H3/t20-,23?,25+/m1/s1. The fourth-order valence-electron chi connectivity index (χ4n) is 5.67. The molecule has 8 nitrogen and oxygen atoms in total. The Hall–Kier alpha value is -4.35. The van der Waals surface area contributed by atoms with E-state index in [1.54, 1.807) is 14.0 Å². The van der Waals surface area contributed by atoms with Crippen LogP contribution < -0.4 is 14.8 Å². The van der Waals surface area contributed by atoms with Gasteiger partial charge < -0.3 is 19.7 Å². The minimum Gasteiger partial charge on any atom is -0.491 e. The smallest absolute Gasteiger partial charge is 0.298 e. The van der Waals surface area contributed by atoms with Gasteiger partial charge in [-0.3, -0.25) is 4.79 Å². The van der Waals surface area contributed by atoms with E-state index in [0.29, 0.717) is 25.1 Å². The van der Waals surface area contributed by atoms with Crippen molar-refractivity contribution in [2.24, 2.45) is 0 Å². The maximum Gasteiger partial charge on any atom is 0.298 e. The van der Waals surface area contributed by atoms with Crippen molar-refractivity contribution in [1.82, 2.24) is 24.8 Å². The predicted molar refractivity (Wildman–Crippen MR) is 149 cm³/mol.